The zero-order chi connectivity index (χ0) is 25.3. The number of aryl methyl sites for hydroxylation is 2. The van der Waals surface area contributed by atoms with E-state index in [2.05, 4.69) is 20.1 Å². The van der Waals surface area contributed by atoms with Gasteiger partial charge in [-0.25, -0.2) is 19.2 Å². The van der Waals surface area contributed by atoms with Crippen LogP contribution < -0.4 is 40.4 Å². The Hall–Kier alpha value is -2.04. The number of fused-ring (bicyclic) bond motifs is 1. The molecule has 4 heterocycles. The number of hydrogen-bond donors (Lipinski definition) is 2. The molecule has 0 unspecified atom stereocenters. The zero-order valence-corrected chi connectivity index (χ0v) is 24.0. The summed E-state index contributed by atoms with van der Waals surface area (Å²) >= 11 is 3.76. The van der Waals surface area contributed by atoms with Crippen molar-refractivity contribution >= 4 is 63.1 Å². The van der Waals surface area contributed by atoms with Crippen LogP contribution in [0, 0.1) is 13.8 Å². The summed E-state index contributed by atoms with van der Waals surface area (Å²) in [6.45, 7) is 2.62. The molecule has 1 amide bonds. The van der Waals surface area contributed by atoms with Crippen molar-refractivity contribution in [3.8, 4) is 0 Å². The van der Waals surface area contributed by atoms with E-state index in [4.69, 9.17) is 10.6 Å². The smallest absolute Gasteiger partial charge is 0.857 e. The molecule has 2 aromatic heterocycles. The summed E-state index contributed by atoms with van der Waals surface area (Å²) in [6.07, 6.45) is 0.811. The molecular formula is C20H20FN6NaO5S3. The standard InChI is InChI=1S/C20H21FN6O5S3.Na/c1-8-9(2)34-20(23-8)35-12-4-3-11-14(17(29)27(11)15(12)18(30)31)25-16(28)13(26-32-6-5-21)10-7-33-19(22)24-10;/h7,11,14H,3-6H2,1-2H3,(H2,22,24)(H,25,28)(H,30,31);/q;+1/p-1/b26-13+;/t11-,14+;/m1./s1. The molecule has 2 aliphatic heterocycles. The molecule has 1 saturated heterocycles. The van der Waals surface area contributed by atoms with Crippen LogP contribution in [0.25, 0.3) is 0 Å². The van der Waals surface area contributed by atoms with Gasteiger partial charge in [0.05, 0.1) is 11.7 Å². The molecule has 11 nitrogen and oxygen atoms in total. The predicted octanol–water partition coefficient (Wildman–Crippen LogP) is -1.29. The van der Waals surface area contributed by atoms with Crippen LogP contribution >= 0.6 is 34.4 Å². The zero-order valence-electron chi connectivity index (χ0n) is 19.6. The Kier molecular flexibility index (Phi) is 9.51. The fourth-order valence-corrected chi connectivity index (χ4v) is 6.53. The van der Waals surface area contributed by atoms with Crippen molar-refractivity contribution in [2.75, 3.05) is 19.0 Å². The minimum absolute atomic E-state index is 0. The number of thiazole rings is 2. The maximum Gasteiger partial charge on any atom is 1.00 e. The number of aliphatic imine (C=N–C) groups is 1. The maximum absolute atomic E-state index is 12.9. The second-order valence-electron chi connectivity index (χ2n) is 7.53. The first-order valence-corrected chi connectivity index (χ1v) is 12.9. The fourth-order valence-electron chi connectivity index (χ4n) is 3.60. The number of alkyl halides is 1. The average Bonchev–Trinajstić information content (AvgIpc) is 3.38. The number of oxime groups is 1. The van der Waals surface area contributed by atoms with Crippen LogP contribution in [0.5, 0.6) is 0 Å². The second kappa shape index (κ2) is 12.0. The van der Waals surface area contributed by atoms with Crippen LogP contribution in [0.4, 0.5) is 9.52 Å². The molecule has 1 fully saturated rings. The van der Waals surface area contributed by atoms with Crippen molar-refractivity contribution in [1.29, 1.82) is 0 Å². The molecule has 0 bridgehead atoms. The van der Waals surface area contributed by atoms with Gasteiger partial charge in [0.2, 0.25) is 0 Å². The van der Waals surface area contributed by atoms with E-state index in [1.807, 2.05) is 13.8 Å². The third-order valence-corrected chi connectivity index (χ3v) is 8.28. The van der Waals surface area contributed by atoms with Gasteiger partial charge in [-0.15, -0.1) is 22.7 Å². The van der Waals surface area contributed by atoms with E-state index in [9.17, 15) is 24.2 Å². The fraction of sp³-hybridized carbons (Fsp3) is 0.400. The SMILES string of the molecule is Cc1nc(SC2=C(C(=O)O)N3C(=O)[C@@H](N=C([O-])/C(=N/OCCF)c4csc(N)n4)[C@H]3CC2)sc1C.[Na+]. The number of aromatic nitrogens is 2. The Bertz CT molecular complexity index is 1240. The molecule has 2 aliphatic rings. The minimum Gasteiger partial charge on any atom is -0.857 e. The molecule has 0 spiro atoms. The van der Waals surface area contributed by atoms with Crippen molar-refractivity contribution in [3.63, 3.8) is 0 Å². The van der Waals surface area contributed by atoms with Crippen molar-refractivity contribution in [3.05, 3.63) is 32.2 Å². The number of aliphatic carboxylic acids is 1. The molecule has 0 aliphatic carbocycles. The van der Waals surface area contributed by atoms with Crippen LogP contribution in [0.1, 0.15) is 29.1 Å². The molecule has 0 aromatic carbocycles. The summed E-state index contributed by atoms with van der Waals surface area (Å²) in [5.74, 6) is -2.73. The number of amides is 1. The second-order valence-corrected chi connectivity index (χ2v) is 11.0. The summed E-state index contributed by atoms with van der Waals surface area (Å²) in [5.41, 5.74) is 6.15. The summed E-state index contributed by atoms with van der Waals surface area (Å²) in [7, 11) is 0. The van der Waals surface area contributed by atoms with Crippen LogP contribution in [-0.2, 0) is 14.4 Å². The van der Waals surface area contributed by atoms with Crippen LogP contribution in [0.15, 0.2) is 30.5 Å². The van der Waals surface area contributed by atoms with Crippen LogP contribution in [0.2, 0.25) is 0 Å². The van der Waals surface area contributed by atoms with Gasteiger partial charge in [0.25, 0.3) is 5.91 Å². The first kappa shape index (κ1) is 28.5. The van der Waals surface area contributed by atoms with Gasteiger partial charge in [0.1, 0.15) is 36.4 Å². The third-order valence-electron chi connectivity index (χ3n) is 5.33. The number of halogens is 1. The van der Waals surface area contributed by atoms with E-state index >= 15 is 0 Å². The van der Waals surface area contributed by atoms with E-state index < -0.39 is 36.5 Å². The number of nitrogens with zero attached hydrogens (tertiary/aromatic N) is 5. The van der Waals surface area contributed by atoms with E-state index in [1.165, 1.54) is 33.4 Å². The predicted molar refractivity (Wildman–Crippen MR) is 128 cm³/mol. The number of carboxylic acid groups (broad SMARTS) is 1. The van der Waals surface area contributed by atoms with Gasteiger partial charge in [0.15, 0.2) is 9.47 Å². The number of carbonyl (C=O) groups is 2. The summed E-state index contributed by atoms with van der Waals surface area (Å²) in [5, 5.41) is 28.0. The first-order chi connectivity index (χ1) is 16.7. The number of nitrogen functional groups attached to an aromatic ring is 1. The van der Waals surface area contributed by atoms with Crippen molar-refractivity contribution in [2.24, 2.45) is 10.1 Å². The Morgan fingerprint density at radius 1 is 1.44 bits per heavy atom. The monoisotopic (exact) mass is 562 g/mol. The minimum atomic E-state index is -1.24. The van der Waals surface area contributed by atoms with Gasteiger partial charge in [-0.3, -0.25) is 14.7 Å². The van der Waals surface area contributed by atoms with Crippen LogP contribution in [-0.4, -0.2) is 68.8 Å². The number of thioether (sulfide) groups is 1. The van der Waals surface area contributed by atoms with Gasteiger partial charge in [0, 0.05) is 21.1 Å². The molecule has 3 N–H and O–H groups in total. The number of carboxylic acids is 1. The Morgan fingerprint density at radius 2 is 2.19 bits per heavy atom. The Labute approximate surface area is 239 Å². The summed E-state index contributed by atoms with van der Waals surface area (Å²) in [6, 6.07) is -1.66. The van der Waals surface area contributed by atoms with E-state index in [0.29, 0.717) is 22.1 Å². The molecule has 0 saturated carbocycles. The largest absolute Gasteiger partial charge is 1.00 e. The number of β-lactam (4-membered cyclic amide) rings is 1. The third kappa shape index (κ3) is 5.75. The van der Waals surface area contributed by atoms with E-state index in [-0.39, 0.29) is 58.4 Å². The molecular weight excluding hydrogens is 542 g/mol. The summed E-state index contributed by atoms with van der Waals surface area (Å²) < 4.78 is 13.1. The normalized spacial score (nSPS) is 20.1. The number of nitrogens with two attached hydrogens (primary N) is 1. The molecule has 36 heavy (non-hydrogen) atoms. The van der Waals surface area contributed by atoms with E-state index in [0.717, 1.165) is 21.9 Å². The Morgan fingerprint density at radius 3 is 2.78 bits per heavy atom. The Balaban J connectivity index is 0.00000361. The van der Waals surface area contributed by atoms with Crippen molar-refractivity contribution < 1.29 is 58.6 Å². The van der Waals surface area contributed by atoms with Gasteiger partial charge >= 0.3 is 35.5 Å². The van der Waals surface area contributed by atoms with Crippen molar-refractivity contribution in [2.45, 2.75) is 43.1 Å². The van der Waals surface area contributed by atoms with Gasteiger partial charge in [-0.05, 0) is 26.7 Å². The van der Waals surface area contributed by atoms with E-state index in [1.54, 1.807) is 0 Å². The topological polar surface area (TPSA) is 166 Å². The number of carbonyl (C=O) groups excluding carboxylic acids is 1. The number of anilines is 1. The first-order valence-electron chi connectivity index (χ1n) is 10.3. The average molecular weight is 563 g/mol. The maximum atomic E-state index is 12.9. The number of hydrogen-bond acceptors (Lipinski definition) is 12. The van der Waals surface area contributed by atoms with Gasteiger partial charge in [-0.1, -0.05) is 16.9 Å². The molecule has 16 heteroatoms. The molecule has 2 aromatic rings. The quantitative estimate of drug-likeness (QED) is 0.0944. The molecule has 0 radical (unpaired) electrons. The van der Waals surface area contributed by atoms with Crippen molar-refractivity contribution in [1.82, 2.24) is 14.9 Å². The molecule has 2 atom stereocenters. The number of allylic oxidation sites excluding steroid dienone is 1. The van der Waals surface area contributed by atoms with Gasteiger partial charge in [-0.2, -0.15) is 0 Å². The van der Waals surface area contributed by atoms with Crippen LogP contribution in [0.3, 0.4) is 0 Å². The molecule has 186 valence electrons. The number of rotatable bonds is 9. The van der Waals surface area contributed by atoms with Gasteiger partial charge < -0.3 is 20.8 Å². The molecule has 4 rings (SSSR count). The summed E-state index contributed by atoms with van der Waals surface area (Å²) in [4.78, 5) is 44.9.